The largest absolute Gasteiger partial charge is 0.480 e. The predicted molar refractivity (Wildman–Crippen MR) is 104 cm³/mol. The number of nitrogens with one attached hydrogen (secondary N) is 1. The van der Waals surface area contributed by atoms with Crippen molar-refractivity contribution in [2.75, 3.05) is 13.1 Å². The fraction of sp³-hybridized carbons (Fsp3) is 0.579. The number of hydrogen-bond acceptors (Lipinski definition) is 4. The SMILES string of the molecule is CCN(CC)S(=O)(=O)c1cccc(C(=O)NC(CCC(C)(C)C)C(=O)O)c1. The molecular weight excluding hydrogens is 368 g/mol. The van der Waals surface area contributed by atoms with E-state index in [0.717, 1.165) is 0 Å². The molecule has 0 aliphatic heterocycles. The van der Waals surface area contributed by atoms with Crippen LogP contribution in [0.3, 0.4) is 0 Å². The van der Waals surface area contributed by atoms with E-state index in [2.05, 4.69) is 5.32 Å². The summed E-state index contributed by atoms with van der Waals surface area (Å²) >= 11 is 0. The highest BCUT2D eigenvalue weighted by molar-refractivity contribution is 7.89. The predicted octanol–water partition coefficient (Wildman–Crippen LogP) is 2.73. The van der Waals surface area contributed by atoms with Crippen LogP contribution in [0.25, 0.3) is 0 Å². The van der Waals surface area contributed by atoms with Crippen molar-refractivity contribution in [1.29, 1.82) is 0 Å². The van der Waals surface area contributed by atoms with Crippen LogP contribution in [0.5, 0.6) is 0 Å². The van der Waals surface area contributed by atoms with Gasteiger partial charge in [0.1, 0.15) is 6.04 Å². The van der Waals surface area contributed by atoms with Crippen LogP contribution < -0.4 is 5.32 Å². The molecule has 0 bridgehead atoms. The van der Waals surface area contributed by atoms with Crippen LogP contribution in [0.1, 0.15) is 57.8 Å². The molecule has 8 heteroatoms. The van der Waals surface area contributed by atoms with Crippen LogP contribution in [-0.2, 0) is 14.8 Å². The Morgan fingerprint density at radius 1 is 1.19 bits per heavy atom. The van der Waals surface area contributed by atoms with Crippen LogP contribution in [0.2, 0.25) is 0 Å². The van der Waals surface area contributed by atoms with Crippen LogP contribution in [0.4, 0.5) is 0 Å². The highest BCUT2D eigenvalue weighted by Crippen LogP contribution is 2.22. The molecule has 1 rings (SSSR count). The lowest BCUT2D eigenvalue weighted by Crippen LogP contribution is -2.41. The fourth-order valence-electron chi connectivity index (χ4n) is 2.59. The van der Waals surface area contributed by atoms with E-state index in [1.165, 1.54) is 28.6 Å². The molecule has 1 unspecified atom stereocenters. The van der Waals surface area contributed by atoms with Gasteiger partial charge in [-0.1, -0.05) is 40.7 Å². The quantitative estimate of drug-likeness (QED) is 0.666. The van der Waals surface area contributed by atoms with Crippen molar-refractivity contribution in [3.8, 4) is 0 Å². The van der Waals surface area contributed by atoms with Crippen molar-refractivity contribution in [2.45, 2.75) is 58.4 Å². The van der Waals surface area contributed by atoms with Crippen LogP contribution >= 0.6 is 0 Å². The maximum Gasteiger partial charge on any atom is 0.326 e. The normalized spacial score (nSPS) is 13.4. The van der Waals surface area contributed by atoms with Crippen molar-refractivity contribution >= 4 is 21.9 Å². The zero-order valence-electron chi connectivity index (χ0n) is 16.7. The number of benzene rings is 1. The van der Waals surface area contributed by atoms with Gasteiger partial charge in [-0.25, -0.2) is 13.2 Å². The Balaban J connectivity index is 3.02. The third-order valence-corrected chi connectivity index (χ3v) is 6.27. The number of rotatable bonds is 9. The van der Waals surface area contributed by atoms with Gasteiger partial charge in [-0.15, -0.1) is 0 Å². The van der Waals surface area contributed by atoms with Gasteiger partial charge in [0.05, 0.1) is 4.90 Å². The molecule has 0 saturated heterocycles. The molecule has 152 valence electrons. The molecule has 0 heterocycles. The Hall–Kier alpha value is -1.93. The highest BCUT2D eigenvalue weighted by Gasteiger charge is 2.25. The van der Waals surface area contributed by atoms with E-state index in [-0.39, 0.29) is 15.9 Å². The van der Waals surface area contributed by atoms with E-state index < -0.39 is 27.9 Å². The summed E-state index contributed by atoms with van der Waals surface area (Å²) in [7, 11) is -3.69. The topological polar surface area (TPSA) is 104 Å². The summed E-state index contributed by atoms with van der Waals surface area (Å²) in [6, 6.07) is 4.64. The second-order valence-corrected chi connectivity index (χ2v) is 9.52. The van der Waals surface area contributed by atoms with Crippen molar-refractivity contribution in [3.63, 3.8) is 0 Å². The Morgan fingerprint density at radius 3 is 2.26 bits per heavy atom. The Kier molecular flexibility index (Phi) is 7.98. The molecule has 0 fully saturated rings. The summed E-state index contributed by atoms with van der Waals surface area (Å²) < 4.78 is 26.5. The molecule has 0 spiro atoms. The highest BCUT2D eigenvalue weighted by atomic mass is 32.2. The average molecular weight is 399 g/mol. The standard InChI is InChI=1S/C19H30N2O5S/c1-6-21(7-2)27(25,26)15-10-8-9-14(13-15)17(22)20-16(18(23)24)11-12-19(3,4)5/h8-10,13,16H,6-7,11-12H2,1-5H3,(H,20,22)(H,23,24). The lowest BCUT2D eigenvalue weighted by molar-refractivity contribution is -0.139. The van der Waals surface area contributed by atoms with Crippen molar-refractivity contribution < 1.29 is 23.1 Å². The van der Waals surface area contributed by atoms with Gasteiger partial charge in [-0.2, -0.15) is 4.31 Å². The Labute approximate surface area is 161 Å². The monoisotopic (exact) mass is 398 g/mol. The zero-order chi connectivity index (χ0) is 20.8. The first-order valence-electron chi connectivity index (χ1n) is 9.06. The maximum atomic E-state index is 12.6. The van der Waals surface area contributed by atoms with Crippen molar-refractivity contribution in [1.82, 2.24) is 9.62 Å². The minimum Gasteiger partial charge on any atom is -0.480 e. The van der Waals surface area contributed by atoms with E-state index >= 15 is 0 Å². The first-order chi connectivity index (χ1) is 12.4. The summed E-state index contributed by atoms with van der Waals surface area (Å²) in [6.07, 6.45) is 0.919. The molecule has 0 aromatic heterocycles. The van der Waals surface area contributed by atoms with E-state index in [1.807, 2.05) is 20.8 Å². The van der Waals surface area contributed by atoms with Crippen molar-refractivity contribution in [3.05, 3.63) is 29.8 Å². The minimum absolute atomic E-state index is 0.0143. The van der Waals surface area contributed by atoms with E-state index in [0.29, 0.717) is 25.9 Å². The summed E-state index contributed by atoms with van der Waals surface area (Å²) in [6.45, 7) is 10.1. The van der Waals surface area contributed by atoms with Gasteiger partial charge in [0.2, 0.25) is 10.0 Å². The molecule has 27 heavy (non-hydrogen) atoms. The molecule has 0 radical (unpaired) electrons. The smallest absolute Gasteiger partial charge is 0.326 e. The molecular formula is C19H30N2O5S. The number of amides is 1. The third kappa shape index (κ3) is 6.62. The van der Waals surface area contributed by atoms with Crippen LogP contribution in [0, 0.1) is 5.41 Å². The Morgan fingerprint density at radius 2 is 1.78 bits per heavy atom. The molecule has 7 nitrogen and oxygen atoms in total. The molecule has 2 N–H and O–H groups in total. The first kappa shape index (κ1) is 23.1. The molecule has 0 saturated carbocycles. The number of nitrogens with zero attached hydrogens (tertiary/aromatic N) is 1. The lowest BCUT2D eigenvalue weighted by Gasteiger charge is -2.22. The molecule has 1 amide bonds. The number of hydrogen-bond donors (Lipinski definition) is 2. The summed E-state index contributed by atoms with van der Waals surface area (Å²) in [4.78, 5) is 24.0. The number of carbonyl (C=O) groups excluding carboxylic acids is 1. The molecule has 1 aromatic rings. The summed E-state index contributed by atoms with van der Waals surface area (Å²) in [5, 5.41) is 11.9. The minimum atomic E-state index is -3.69. The number of aliphatic carboxylic acids is 1. The van der Waals surface area contributed by atoms with Crippen LogP contribution in [0.15, 0.2) is 29.2 Å². The first-order valence-corrected chi connectivity index (χ1v) is 10.5. The van der Waals surface area contributed by atoms with Gasteiger partial charge in [0, 0.05) is 18.7 Å². The van der Waals surface area contributed by atoms with Gasteiger partial charge in [0.25, 0.3) is 5.91 Å². The Bertz CT molecular complexity index is 765. The van der Waals surface area contributed by atoms with E-state index in [9.17, 15) is 23.1 Å². The van der Waals surface area contributed by atoms with Gasteiger partial charge in [-0.3, -0.25) is 4.79 Å². The van der Waals surface area contributed by atoms with Gasteiger partial charge >= 0.3 is 5.97 Å². The molecule has 0 aliphatic carbocycles. The van der Waals surface area contributed by atoms with Gasteiger partial charge in [-0.05, 0) is 36.5 Å². The van der Waals surface area contributed by atoms with Crippen molar-refractivity contribution in [2.24, 2.45) is 5.41 Å². The summed E-state index contributed by atoms with van der Waals surface area (Å²) in [5.74, 6) is -1.72. The number of sulfonamides is 1. The van der Waals surface area contributed by atoms with Gasteiger partial charge < -0.3 is 10.4 Å². The second kappa shape index (κ2) is 9.32. The summed E-state index contributed by atoms with van der Waals surface area (Å²) in [5.41, 5.74) is 0.0566. The maximum absolute atomic E-state index is 12.6. The molecule has 1 atom stereocenters. The lowest BCUT2D eigenvalue weighted by atomic mass is 9.88. The zero-order valence-corrected chi connectivity index (χ0v) is 17.5. The number of carbonyl (C=O) groups is 2. The van der Waals surface area contributed by atoms with Gasteiger partial charge in [0.15, 0.2) is 0 Å². The number of carboxylic acids is 1. The average Bonchev–Trinajstić information content (AvgIpc) is 2.58. The van der Waals surface area contributed by atoms with Crippen LogP contribution in [-0.4, -0.2) is 48.8 Å². The van der Waals surface area contributed by atoms with E-state index in [1.54, 1.807) is 13.8 Å². The fourth-order valence-corrected chi connectivity index (χ4v) is 4.09. The molecule has 0 aliphatic rings. The molecule has 1 aromatic carbocycles. The third-order valence-electron chi connectivity index (χ3n) is 4.23. The number of carboxylic acid groups (broad SMARTS) is 1. The van der Waals surface area contributed by atoms with E-state index in [4.69, 9.17) is 0 Å². The second-order valence-electron chi connectivity index (χ2n) is 7.58.